The summed E-state index contributed by atoms with van der Waals surface area (Å²) in [5.41, 5.74) is 3.63. The van der Waals surface area contributed by atoms with E-state index in [1.807, 2.05) is 23.7 Å². The first kappa shape index (κ1) is 19.9. The third-order valence-electron chi connectivity index (χ3n) is 4.65. The van der Waals surface area contributed by atoms with Crippen LogP contribution in [0.5, 0.6) is 5.75 Å². The van der Waals surface area contributed by atoms with Crippen LogP contribution in [0.4, 0.5) is 5.69 Å². The molecule has 0 fully saturated rings. The summed E-state index contributed by atoms with van der Waals surface area (Å²) >= 11 is 0. The summed E-state index contributed by atoms with van der Waals surface area (Å²) in [5, 5.41) is 8.14. The summed E-state index contributed by atoms with van der Waals surface area (Å²) in [6, 6.07) is 8.20. The molecule has 6 nitrogen and oxygen atoms in total. The highest BCUT2D eigenvalue weighted by Gasteiger charge is 2.18. The van der Waals surface area contributed by atoms with Gasteiger partial charge in [-0.3, -0.25) is 4.79 Å². The van der Waals surface area contributed by atoms with E-state index >= 15 is 0 Å². The van der Waals surface area contributed by atoms with Crippen LogP contribution in [0.15, 0.2) is 36.7 Å². The number of rotatable bonds is 6. The van der Waals surface area contributed by atoms with Crippen molar-refractivity contribution in [2.75, 3.05) is 5.32 Å². The Kier molecular flexibility index (Phi) is 5.68. The van der Waals surface area contributed by atoms with Crippen LogP contribution in [-0.2, 0) is 4.79 Å². The van der Waals surface area contributed by atoms with Crippen LogP contribution in [0.2, 0.25) is 0 Å². The molecular weight excluding hydrogens is 352 g/mol. The van der Waals surface area contributed by atoms with Crippen molar-refractivity contribution in [1.29, 1.82) is 0 Å². The number of pyridine rings is 1. The van der Waals surface area contributed by atoms with Crippen molar-refractivity contribution in [3.8, 4) is 5.75 Å². The van der Waals surface area contributed by atoms with Gasteiger partial charge in [0.15, 0.2) is 11.8 Å². The highest BCUT2D eigenvalue weighted by molar-refractivity contribution is 5.95. The second-order valence-electron chi connectivity index (χ2n) is 7.77. The average Bonchev–Trinajstić information content (AvgIpc) is 3.04. The molecule has 1 N–H and O–H groups in total. The molecule has 1 amide bonds. The first-order valence-electron chi connectivity index (χ1n) is 9.67. The van der Waals surface area contributed by atoms with E-state index in [9.17, 15) is 4.79 Å². The van der Waals surface area contributed by atoms with E-state index in [2.05, 4.69) is 55.2 Å². The van der Waals surface area contributed by atoms with Crippen LogP contribution >= 0.6 is 0 Å². The van der Waals surface area contributed by atoms with Gasteiger partial charge in [0.1, 0.15) is 5.75 Å². The number of hydrogen-bond donors (Lipinski definition) is 1. The molecule has 1 aromatic carbocycles. The van der Waals surface area contributed by atoms with Gasteiger partial charge in [-0.1, -0.05) is 26.0 Å². The van der Waals surface area contributed by atoms with Crippen LogP contribution in [0.1, 0.15) is 57.7 Å². The van der Waals surface area contributed by atoms with Gasteiger partial charge in [0.05, 0.1) is 18.1 Å². The molecule has 148 valence electrons. The first-order chi connectivity index (χ1) is 13.3. The standard InChI is InChI=1S/C22H28N4O2/c1-13(2)19-8-7-15(5)9-20(19)28-16(6)22(27)25-18-10-17-11-24-26(14(3)4)21(17)23-12-18/h7-14,16H,1-6H3,(H,25,27). The molecule has 28 heavy (non-hydrogen) atoms. The van der Waals surface area contributed by atoms with Crippen molar-refractivity contribution in [3.05, 3.63) is 47.8 Å². The number of fused-ring (bicyclic) bond motifs is 1. The minimum atomic E-state index is -0.631. The molecule has 2 aromatic heterocycles. The number of carbonyl (C=O) groups is 1. The topological polar surface area (TPSA) is 69.0 Å². The average molecular weight is 380 g/mol. The molecule has 6 heteroatoms. The smallest absolute Gasteiger partial charge is 0.265 e. The number of nitrogens with zero attached hydrogens (tertiary/aromatic N) is 3. The van der Waals surface area contributed by atoms with E-state index in [1.54, 1.807) is 19.3 Å². The Morgan fingerprint density at radius 2 is 1.86 bits per heavy atom. The Bertz CT molecular complexity index is 991. The number of hydrogen-bond acceptors (Lipinski definition) is 4. The second-order valence-corrected chi connectivity index (χ2v) is 7.77. The maximum absolute atomic E-state index is 12.6. The number of aryl methyl sites for hydroxylation is 1. The van der Waals surface area contributed by atoms with Gasteiger partial charge in [-0.25, -0.2) is 9.67 Å². The van der Waals surface area contributed by atoms with Crippen LogP contribution in [0, 0.1) is 6.92 Å². The van der Waals surface area contributed by atoms with E-state index < -0.39 is 6.10 Å². The van der Waals surface area contributed by atoms with E-state index in [0.717, 1.165) is 27.9 Å². The SMILES string of the molecule is Cc1ccc(C(C)C)c(OC(C)C(=O)Nc2cnc3c(cnn3C(C)C)c2)c1. The lowest BCUT2D eigenvalue weighted by Gasteiger charge is -2.19. The summed E-state index contributed by atoms with van der Waals surface area (Å²) in [5.74, 6) is 0.855. The van der Waals surface area contributed by atoms with E-state index in [1.165, 1.54) is 0 Å². The molecule has 0 saturated heterocycles. The minimum absolute atomic E-state index is 0.214. The lowest BCUT2D eigenvalue weighted by Crippen LogP contribution is -2.30. The fourth-order valence-corrected chi connectivity index (χ4v) is 3.09. The van der Waals surface area contributed by atoms with Gasteiger partial charge in [0.2, 0.25) is 0 Å². The van der Waals surface area contributed by atoms with Crippen molar-refractivity contribution in [2.45, 2.75) is 59.6 Å². The molecule has 0 saturated carbocycles. The molecule has 0 radical (unpaired) electrons. The van der Waals surface area contributed by atoms with Gasteiger partial charge in [0, 0.05) is 11.4 Å². The lowest BCUT2D eigenvalue weighted by atomic mass is 10.0. The van der Waals surface area contributed by atoms with Crippen molar-refractivity contribution in [1.82, 2.24) is 14.8 Å². The van der Waals surface area contributed by atoms with Gasteiger partial charge < -0.3 is 10.1 Å². The van der Waals surface area contributed by atoms with Crippen molar-refractivity contribution in [3.63, 3.8) is 0 Å². The maximum Gasteiger partial charge on any atom is 0.265 e. The van der Waals surface area contributed by atoms with Crippen molar-refractivity contribution < 1.29 is 9.53 Å². The summed E-state index contributed by atoms with van der Waals surface area (Å²) in [7, 11) is 0. The number of carbonyl (C=O) groups excluding carboxylic acids is 1. The van der Waals surface area contributed by atoms with Gasteiger partial charge in [-0.2, -0.15) is 5.10 Å². The number of benzene rings is 1. The zero-order valence-electron chi connectivity index (χ0n) is 17.4. The van der Waals surface area contributed by atoms with Crippen molar-refractivity contribution >= 4 is 22.6 Å². The number of aromatic nitrogens is 3. The number of amides is 1. The van der Waals surface area contributed by atoms with E-state index in [4.69, 9.17) is 4.74 Å². The monoisotopic (exact) mass is 380 g/mol. The third kappa shape index (κ3) is 4.16. The predicted molar refractivity (Wildman–Crippen MR) is 112 cm³/mol. The number of nitrogens with one attached hydrogen (secondary N) is 1. The second kappa shape index (κ2) is 8.00. The number of ether oxygens (including phenoxy) is 1. The Hall–Kier alpha value is -2.89. The molecule has 0 bridgehead atoms. The summed E-state index contributed by atoms with van der Waals surface area (Å²) in [6.07, 6.45) is 2.78. The normalized spacial score (nSPS) is 12.6. The van der Waals surface area contributed by atoms with E-state index in [0.29, 0.717) is 11.6 Å². The minimum Gasteiger partial charge on any atom is -0.481 e. The third-order valence-corrected chi connectivity index (χ3v) is 4.65. The molecule has 0 aliphatic heterocycles. The molecule has 1 unspecified atom stereocenters. The highest BCUT2D eigenvalue weighted by atomic mass is 16.5. The van der Waals surface area contributed by atoms with Gasteiger partial charge >= 0.3 is 0 Å². The molecule has 0 aliphatic carbocycles. The predicted octanol–water partition coefficient (Wildman–Crippen LogP) is 4.85. The van der Waals surface area contributed by atoms with Gasteiger partial charge in [-0.15, -0.1) is 0 Å². The lowest BCUT2D eigenvalue weighted by molar-refractivity contribution is -0.122. The fourth-order valence-electron chi connectivity index (χ4n) is 3.09. The van der Waals surface area contributed by atoms with E-state index in [-0.39, 0.29) is 11.9 Å². The molecular formula is C22H28N4O2. The van der Waals surface area contributed by atoms with Crippen LogP contribution in [-0.4, -0.2) is 26.8 Å². The van der Waals surface area contributed by atoms with Crippen LogP contribution in [0.25, 0.3) is 11.0 Å². The Balaban J connectivity index is 1.74. The van der Waals surface area contributed by atoms with Gasteiger partial charge in [-0.05, 0) is 56.9 Å². The Labute approximate surface area is 165 Å². The number of anilines is 1. The summed E-state index contributed by atoms with van der Waals surface area (Å²) < 4.78 is 7.85. The van der Waals surface area contributed by atoms with Crippen LogP contribution < -0.4 is 10.1 Å². The zero-order chi connectivity index (χ0) is 20.4. The molecule has 0 spiro atoms. The molecule has 0 aliphatic rings. The summed E-state index contributed by atoms with van der Waals surface area (Å²) in [4.78, 5) is 17.1. The van der Waals surface area contributed by atoms with Crippen LogP contribution in [0.3, 0.4) is 0 Å². The summed E-state index contributed by atoms with van der Waals surface area (Å²) in [6.45, 7) is 12.1. The molecule has 3 aromatic rings. The molecule has 3 rings (SSSR count). The first-order valence-corrected chi connectivity index (χ1v) is 9.67. The fraction of sp³-hybridized carbons (Fsp3) is 0.409. The zero-order valence-corrected chi connectivity index (χ0v) is 17.4. The quantitative estimate of drug-likeness (QED) is 0.664. The van der Waals surface area contributed by atoms with Crippen molar-refractivity contribution in [2.24, 2.45) is 0 Å². The Morgan fingerprint density at radius 1 is 1.11 bits per heavy atom. The Morgan fingerprint density at radius 3 is 2.54 bits per heavy atom. The largest absolute Gasteiger partial charge is 0.481 e. The molecule has 1 atom stereocenters. The van der Waals surface area contributed by atoms with Gasteiger partial charge in [0.25, 0.3) is 5.91 Å². The molecule has 2 heterocycles. The maximum atomic E-state index is 12.6. The highest BCUT2D eigenvalue weighted by Crippen LogP contribution is 2.28.